The van der Waals surface area contributed by atoms with E-state index in [0.717, 1.165) is 12.8 Å². The van der Waals surface area contributed by atoms with Crippen molar-refractivity contribution >= 4 is 57.4 Å². The van der Waals surface area contributed by atoms with Crippen LogP contribution in [0.4, 0.5) is 0 Å². The summed E-state index contributed by atoms with van der Waals surface area (Å²) in [5, 5.41) is 10.1. The van der Waals surface area contributed by atoms with E-state index in [1.165, 1.54) is 57.8 Å². The molecule has 4 heteroatoms. The van der Waals surface area contributed by atoms with Gasteiger partial charge in [-0.25, -0.2) is 0 Å². The molecule has 0 radical (unpaired) electrons. The maximum Gasteiger partial charge on any atom is 1.00 e. The summed E-state index contributed by atoms with van der Waals surface area (Å²) in [6, 6.07) is 0. The molecule has 0 N–H and O–H groups in total. The first-order chi connectivity index (χ1) is 7.77. The van der Waals surface area contributed by atoms with Crippen molar-refractivity contribution < 1.29 is 39.5 Å². The van der Waals surface area contributed by atoms with Crippen LogP contribution in [0.5, 0.6) is 0 Å². The molecule has 0 fully saturated rings. The fourth-order valence-electron chi connectivity index (χ4n) is 1.93. The average molecular weight is 290 g/mol. The van der Waals surface area contributed by atoms with Crippen LogP contribution in [-0.4, -0.2) is 57.4 Å². The Bertz CT molecular complexity index is 166. The van der Waals surface area contributed by atoms with E-state index in [9.17, 15) is 9.90 Å². The molecule has 0 saturated heterocycles. The van der Waals surface area contributed by atoms with Gasteiger partial charge in [-0.15, -0.1) is 0 Å². The largest absolute Gasteiger partial charge is 1.00 e. The molecule has 0 aromatic carbocycles. The third-order valence-electron chi connectivity index (χ3n) is 2.98. The second kappa shape index (κ2) is 21.4. The quantitative estimate of drug-likeness (QED) is 0.369. The Morgan fingerprint density at radius 2 is 1.11 bits per heavy atom. The van der Waals surface area contributed by atoms with E-state index < -0.39 is 5.97 Å². The minimum atomic E-state index is -0.907. The monoisotopic (exact) mass is 290 g/mol. The van der Waals surface area contributed by atoms with Crippen molar-refractivity contribution in [2.75, 3.05) is 0 Å². The minimum Gasteiger partial charge on any atom is 1.00 e. The molecule has 0 bridgehead atoms. The topological polar surface area (TPSA) is 40.1 Å². The van der Waals surface area contributed by atoms with Crippen molar-refractivity contribution in [2.24, 2.45) is 0 Å². The molecule has 0 saturated carbocycles. The van der Waals surface area contributed by atoms with Gasteiger partial charge in [0, 0.05) is 5.97 Å². The van der Waals surface area contributed by atoms with Crippen LogP contribution in [0.1, 0.15) is 84.0 Å². The summed E-state index contributed by atoms with van der Waals surface area (Å²) in [6.45, 7) is 2.24. The van der Waals surface area contributed by atoms with Crippen molar-refractivity contribution in [2.45, 2.75) is 84.0 Å². The summed E-state index contributed by atoms with van der Waals surface area (Å²) >= 11 is 0. The first-order valence-electron chi connectivity index (χ1n) is 6.97. The summed E-state index contributed by atoms with van der Waals surface area (Å²) < 4.78 is 0. The summed E-state index contributed by atoms with van der Waals surface area (Å²) in [6.07, 6.45) is 14.0. The first-order valence-corrected chi connectivity index (χ1v) is 6.97. The Morgan fingerprint density at radius 3 is 1.44 bits per heavy atom. The third kappa shape index (κ3) is 23.2. The molecular weight excluding hydrogens is 262 g/mol. The fourth-order valence-corrected chi connectivity index (χ4v) is 1.93. The normalized spacial score (nSPS) is 9.39. The second-order valence-electron chi connectivity index (χ2n) is 4.66. The van der Waals surface area contributed by atoms with E-state index in [1.54, 1.807) is 0 Å². The number of aliphatic carboxylic acids is 1. The Kier molecular flexibility index (Phi) is 29.8. The number of carbonyl (C=O) groups is 1. The van der Waals surface area contributed by atoms with E-state index >= 15 is 0 Å². The Balaban J connectivity index is -0.00000112. The van der Waals surface area contributed by atoms with Crippen LogP contribution < -0.4 is 34.7 Å². The maximum atomic E-state index is 10.1. The Labute approximate surface area is 178 Å². The predicted molar refractivity (Wildman–Crippen MR) is 73.2 cm³/mol. The molecule has 2 nitrogen and oxygen atoms in total. The Hall–Kier alpha value is 2.11. The Morgan fingerprint density at radius 1 is 0.778 bits per heavy atom. The van der Waals surface area contributed by atoms with E-state index in [-0.39, 0.29) is 87.4 Å². The molecule has 0 aliphatic heterocycles. The number of unbranched alkanes of at least 4 members (excludes halogenated alkanes) is 10. The van der Waals surface area contributed by atoms with Crippen molar-refractivity contribution in [3.63, 3.8) is 0 Å². The molecule has 0 aromatic rings. The number of hydrogen-bond acceptors (Lipinski definition) is 2. The number of carbonyl (C=O) groups excluding carboxylic acids is 1. The van der Waals surface area contributed by atoms with Crippen LogP contribution in [0.25, 0.3) is 0 Å². The van der Waals surface area contributed by atoms with Gasteiger partial charge in [-0.3, -0.25) is 0 Å². The van der Waals surface area contributed by atoms with E-state index in [1.807, 2.05) is 0 Å². The fraction of sp³-hybridized carbons (Fsp3) is 0.929. The molecule has 0 atom stereocenters. The van der Waals surface area contributed by atoms with Crippen molar-refractivity contribution in [1.29, 1.82) is 0 Å². The second-order valence-corrected chi connectivity index (χ2v) is 4.66. The van der Waals surface area contributed by atoms with Gasteiger partial charge in [0.2, 0.25) is 0 Å². The molecule has 0 heterocycles. The van der Waals surface area contributed by atoms with Gasteiger partial charge in [-0.1, -0.05) is 71.1 Å². The number of rotatable bonds is 12. The van der Waals surface area contributed by atoms with Crippen molar-refractivity contribution in [3.8, 4) is 0 Å². The van der Waals surface area contributed by atoms with Gasteiger partial charge in [0.1, 0.15) is 0 Å². The predicted octanol–water partition coefficient (Wildman–Crippen LogP) is -0.207. The van der Waals surface area contributed by atoms with Gasteiger partial charge >= 0.3 is 80.9 Å². The molecule has 0 unspecified atom stereocenters. The molecule has 0 aliphatic rings. The molecule has 0 spiro atoms. The first kappa shape index (κ1) is 25.1. The van der Waals surface area contributed by atoms with E-state index in [0.29, 0.717) is 0 Å². The van der Waals surface area contributed by atoms with Crippen LogP contribution in [-0.2, 0) is 4.79 Å². The molecule has 0 aliphatic carbocycles. The molecule has 98 valence electrons. The zero-order valence-electron chi connectivity index (χ0n) is 11.8. The summed E-state index contributed by atoms with van der Waals surface area (Å²) in [4.78, 5) is 10.1. The number of hydrogen-bond donors (Lipinski definition) is 0. The zero-order valence-corrected chi connectivity index (χ0v) is 13.8. The van der Waals surface area contributed by atoms with Crippen molar-refractivity contribution in [1.82, 2.24) is 0 Å². The van der Waals surface area contributed by atoms with Gasteiger partial charge < -0.3 is 9.90 Å². The minimum absolute atomic E-state index is 0. The standard InChI is InChI=1S/C14H28O2.K.Na.H/c1-2-3-4-5-6-7-8-9-10-11-12-13-14(15)16;;;/h2-13H2,1H3,(H,15,16);;;/q;;+1;/p-1. The third-order valence-corrected chi connectivity index (χ3v) is 2.98. The van der Waals surface area contributed by atoms with Crippen LogP contribution in [0.2, 0.25) is 0 Å². The molecule has 0 aromatic heterocycles. The molecule has 0 rings (SSSR count). The number of carboxylic acid groups (broad SMARTS) is 1. The van der Waals surface area contributed by atoms with Crippen molar-refractivity contribution in [3.05, 3.63) is 0 Å². The van der Waals surface area contributed by atoms with Crippen LogP contribution in [0.15, 0.2) is 0 Å². The molecular formula is C14H28KNaO2. The smallest absolute Gasteiger partial charge is 1.00 e. The average Bonchev–Trinajstić information content (AvgIpc) is 2.25. The van der Waals surface area contributed by atoms with Crippen LogP contribution >= 0.6 is 0 Å². The summed E-state index contributed by atoms with van der Waals surface area (Å²) in [5.74, 6) is -0.907. The van der Waals surface area contributed by atoms with E-state index in [4.69, 9.17) is 0 Å². The molecule has 0 amide bonds. The van der Waals surface area contributed by atoms with E-state index in [2.05, 4.69) is 6.92 Å². The number of carboxylic acids is 1. The molecule has 18 heavy (non-hydrogen) atoms. The van der Waals surface area contributed by atoms with Crippen LogP contribution in [0, 0.1) is 0 Å². The summed E-state index contributed by atoms with van der Waals surface area (Å²) in [5.41, 5.74) is 0. The van der Waals surface area contributed by atoms with Gasteiger partial charge in [0.25, 0.3) is 0 Å². The van der Waals surface area contributed by atoms with Gasteiger partial charge in [-0.2, -0.15) is 0 Å². The van der Waals surface area contributed by atoms with Gasteiger partial charge in [0.05, 0.1) is 0 Å². The maximum absolute atomic E-state index is 10.1. The van der Waals surface area contributed by atoms with Crippen LogP contribution in [0.3, 0.4) is 0 Å². The van der Waals surface area contributed by atoms with Gasteiger partial charge in [-0.05, 0) is 12.8 Å². The summed E-state index contributed by atoms with van der Waals surface area (Å²) in [7, 11) is 0. The SMILES string of the molecule is CCCCCCCCCCCCCC(=O)[O-].[KH].[Na+]. The van der Waals surface area contributed by atoms with Gasteiger partial charge in [0.15, 0.2) is 0 Å². The zero-order chi connectivity index (χ0) is 12.1.